The Morgan fingerprint density at radius 3 is 2.88 bits per heavy atom. The summed E-state index contributed by atoms with van der Waals surface area (Å²) in [7, 11) is 0. The molecule has 0 saturated heterocycles. The van der Waals surface area contributed by atoms with Crippen LogP contribution in [0.15, 0.2) is 12.3 Å². The van der Waals surface area contributed by atoms with Crippen LogP contribution in [-0.2, 0) is 4.74 Å². The topological polar surface area (TPSA) is 47.0 Å². The molecule has 94 valence electrons. The first-order valence-electron chi connectivity index (χ1n) is 6.22. The summed E-state index contributed by atoms with van der Waals surface area (Å²) in [6.07, 6.45) is 3.19. The lowest BCUT2D eigenvalue weighted by Gasteiger charge is -2.51. The van der Waals surface area contributed by atoms with Gasteiger partial charge in [0, 0.05) is 24.3 Å². The Labute approximate surface area is 103 Å². The molecule has 0 aliphatic heterocycles. The zero-order valence-corrected chi connectivity index (χ0v) is 11.0. The van der Waals surface area contributed by atoms with E-state index in [-0.39, 0.29) is 5.41 Å². The molecule has 2 atom stereocenters. The lowest BCUT2D eigenvalue weighted by molar-refractivity contribution is -0.0976. The van der Waals surface area contributed by atoms with E-state index in [2.05, 4.69) is 29.1 Å². The summed E-state index contributed by atoms with van der Waals surface area (Å²) in [4.78, 5) is 8.46. The number of ether oxygens (including phenoxy) is 1. The zero-order chi connectivity index (χ0) is 12.5. The van der Waals surface area contributed by atoms with Gasteiger partial charge in [-0.1, -0.05) is 13.8 Å². The average molecular weight is 235 g/mol. The molecule has 1 aliphatic rings. The third-order valence-corrected chi connectivity index (χ3v) is 3.64. The van der Waals surface area contributed by atoms with Gasteiger partial charge in [0.15, 0.2) is 0 Å². The average Bonchev–Trinajstić information content (AvgIpc) is 2.28. The fraction of sp³-hybridized carbons (Fsp3) is 0.692. The minimum absolute atomic E-state index is 0.162. The molecule has 2 rings (SSSR count). The van der Waals surface area contributed by atoms with Gasteiger partial charge in [-0.05, 0) is 26.3 Å². The number of hydrogen-bond acceptors (Lipinski definition) is 4. The minimum atomic E-state index is 0.162. The van der Waals surface area contributed by atoms with Gasteiger partial charge in [-0.15, -0.1) is 0 Å². The Bertz CT molecular complexity index is 392. The Balaban J connectivity index is 1.98. The summed E-state index contributed by atoms with van der Waals surface area (Å²) in [5, 5.41) is 3.47. The van der Waals surface area contributed by atoms with E-state index in [1.54, 1.807) is 6.20 Å². The Kier molecular flexibility index (Phi) is 3.33. The molecular weight excluding hydrogens is 214 g/mol. The van der Waals surface area contributed by atoms with Crippen molar-refractivity contribution in [1.82, 2.24) is 9.97 Å². The standard InChI is InChI=1S/C13H21N3O/c1-5-17-11-8-10(13(11,3)4)16-12-6-7-14-9(2)15-12/h6-7,10-11H,5,8H2,1-4H3,(H,14,15,16). The molecule has 1 saturated carbocycles. The van der Waals surface area contributed by atoms with E-state index in [1.165, 1.54) is 0 Å². The van der Waals surface area contributed by atoms with Gasteiger partial charge in [-0.25, -0.2) is 9.97 Å². The molecular formula is C13H21N3O. The van der Waals surface area contributed by atoms with E-state index < -0.39 is 0 Å². The maximum atomic E-state index is 5.71. The number of rotatable bonds is 4. The molecule has 4 heteroatoms. The first-order valence-corrected chi connectivity index (χ1v) is 6.22. The van der Waals surface area contributed by atoms with Crippen molar-refractivity contribution in [3.8, 4) is 0 Å². The summed E-state index contributed by atoms with van der Waals surface area (Å²) in [5.74, 6) is 1.71. The number of hydrogen-bond donors (Lipinski definition) is 1. The fourth-order valence-electron chi connectivity index (χ4n) is 2.33. The van der Waals surface area contributed by atoms with Crippen molar-refractivity contribution >= 4 is 5.82 Å². The van der Waals surface area contributed by atoms with Gasteiger partial charge >= 0.3 is 0 Å². The summed E-state index contributed by atoms with van der Waals surface area (Å²) in [5.41, 5.74) is 0.162. The molecule has 1 aliphatic carbocycles. The number of aryl methyl sites for hydroxylation is 1. The van der Waals surface area contributed by atoms with Crippen LogP contribution in [0.2, 0.25) is 0 Å². The predicted molar refractivity (Wildman–Crippen MR) is 68.0 cm³/mol. The lowest BCUT2D eigenvalue weighted by Crippen LogP contribution is -2.58. The normalized spacial score (nSPS) is 26.4. The molecule has 17 heavy (non-hydrogen) atoms. The molecule has 1 N–H and O–H groups in total. The minimum Gasteiger partial charge on any atom is -0.378 e. The number of aromatic nitrogens is 2. The maximum Gasteiger partial charge on any atom is 0.129 e. The van der Waals surface area contributed by atoms with Crippen LogP contribution in [0.4, 0.5) is 5.82 Å². The highest BCUT2D eigenvalue weighted by Crippen LogP contribution is 2.44. The molecule has 1 heterocycles. The van der Waals surface area contributed by atoms with Gasteiger partial charge in [-0.3, -0.25) is 0 Å². The van der Waals surface area contributed by atoms with Crippen molar-refractivity contribution in [3.63, 3.8) is 0 Å². The molecule has 1 aromatic rings. The Morgan fingerprint density at radius 1 is 1.53 bits per heavy atom. The molecule has 1 fully saturated rings. The maximum absolute atomic E-state index is 5.71. The van der Waals surface area contributed by atoms with E-state index >= 15 is 0 Å². The van der Waals surface area contributed by atoms with Gasteiger partial charge in [0.05, 0.1) is 6.10 Å². The molecule has 0 bridgehead atoms. The molecule has 1 aromatic heterocycles. The second-order valence-corrected chi connectivity index (χ2v) is 5.19. The summed E-state index contributed by atoms with van der Waals surface area (Å²) < 4.78 is 5.71. The summed E-state index contributed by atoms with van der Waals surface area (Å²) >= 11 is 0. The monoisotopic (exact) mass is 235 g/mol. The molecule has 2 unspecified atom stereocenters. The number of nitrogens with one attached hydrogen (secondary N) is 1. The number of nitrogens with zero attached hydrogens (tertiary/aromatic N) is 2. The van der Waals surface area contributed by atoms with Crippen molar-refractivity contribution in [2.45, 2.75) is 46.3 Å². The van der Waals surface area contributed by atoms with Gasteiger partial charge in [-0.2, -0.15) is 0 Å². The van der Waals surface area contributed by atoms with E-state index in [9.17, 15) is 0 Å². The third-order valence-electron chi connectivity index (χ3n) is 3.64. The van der Waals surface area contributed by atoms with Gasteiger partial charge < -0.3 is 10.1 Å². The molecule has 0 radical (unpaired) electrons. The molecule has 0 amide bonds. The van der Waals surface area contributed by atoms with Crippen molar-refractivity contribution < 1.29 is 4.74 Å². The van der Waals surface area contributed by atoms with E-state index in [4.69, 9.17) is 4.74 Å². The molecule has 0 aromatic carbocycles. The Morgan fingerprint density at radius 2 is 2.29 bits per heavy atom. The van der Waals surface area contributed by atoms with Gasteiger partial charge in [0.2, 0.25) is 0 Å². The zero-order valence-electron chi connectivity index (χ0n) is 11.0. The van der Waals surface area contributed by atoms with E-state index in [0.717, 1.165) is 24.7 Å². The van der Waals surface area contributed by atoms with Crippen LogP contribution in [-0.4, -0.2) is 28.7 Å². The van der Waals surface area contributed by atoms with Crippen LogP contribution >= 0.6 is 0 Å². The second kappa shape index (κ2) is 4.61. The highest BCUT2D eigenvalue weighted by Gasteiger charge is 2.48. The highest BCUT2D eigenvalue weighted by molar-refractivity contribution is 5.36. The first-order chi connectivity index (χ1) is 8.04. The van der Waals surface area contributed by atoms with Crippen LogP contribution in [0.1, 0.15) is 33.0 Å². The molecule has 4 nitrogen and oxygen atoms in total. The first kappa shape index (κ1) is 12.3. The fourth-order valence-corrected chi connectivity index (χ4v) is 2.33. The quantitative estimate of drug-likeness (QED) is 0.870. The van der Waals surface area contributed by atoms with Crippen molar-refractivity contribution in [1.29, 1.82) is 0 Å². The van der Waals surface area contributed by atoms with Gasteiger partial charge in [0.1, 0.15) is 11.6 Å². The molecule has 0 spiro atoms. The van der Waals surface area contributed by atoms with Crippen molar-refractivity contribution in [2.24, 2.45) is 5.41 Å². The SMILES string of the molecule is CCOC1CC(Nc2ccnc(C)n2)C1(C)C. The van der Waals surface area contributed by atoms with E-state index in [1.807, 2.05) is 19.9 Å². The van der Waals surface area contributed by atoms with Crippen molar-refractivity contribution in [3.05, 3.63) is 18.1 Å². The third kappa shape index (κ3) is 2.41. The van der Waals surface area contributed by atoms with Crippen LogP contribution in [0.25, 0.3) is 0 Å². The lowest BCUT2D eigenvalue weighted by atomic mass is 9.64. The summed E-state index contributed by atoms with van der Waals surface area (Å²) in [6, 6.07) is 2.34. The van der Waals surface area contributed by atoms with Crippen LogP contribution in [0.5, 0.6) is 0 Å². The van der Waals surface area contributed by atoms with Crippen LogP contribution in [0, 0.1) is 12.3 Å². The van der Waals surface area contributed by atoms with Crippen LogP contribution < -0.4 is 5.32 Å². The second-order valence-electron chi connectivity index (χ2n) is 5.19. The van der Waals surface area contributed by atoms with Gasteiger partial charge in [0.25, 0.3) is 0 Å². The largest absolute Gasteiger partial charge is 0.378 e. The predicted octanol–water partition coefficient (Wildman–Crippen LogP) is 2.40. The highest BCUT2D eigenvalue weighted by atomic mass is 16.5. The van der Waals surface area contributed by atoms with Crippen LogP contribution in [0.3, 0.4) is 0 Å². The van der Waals surface area contributed by atoms with E-state index in [0.29, 0.717) is 12.1 Å². The Hall–Kier alpha value is -1.16. The smallest absolute Gasteiger partial charge is 0.129 e. The summed E-state index contributed by atoms with van der Waals surface area (Å²) in [6.45, 7) is 9.21. The van der Waals surface area contributed by atoms with Crippen molar-refractivity contribution in [2.75, 3.05) is 11.9 Å². The number of anilines is 1.